The minimum atomic E-state index is -0.978. The molecule has 1 aliphatic carbocycles. The van der Waals surface area contributed by atoms with Gasteiger partial charge < -0.3 is 11.1 Å². The van der Waals surface area contributed by atoms with Crippen molar-refractivity contribution in [2.45, 2.75) is 24.0 Å². The van der Waals surface area contributed by atoms with Gasteiger partial charge in [0.2, 0.25) is 0 Å². The van der Waals surface area contributed by atoms with E-state index in [2.05, 4.69) is 10.3 Å². The number of aliphatic imine (C=N–C) groups is 1. The van der Waals surface area contributed by atoms with Gasteiger partial charge in [0.15, 0.2) is 5.96 Å². The molecule has 0 amide bonds. The van der Waals surface area contributed by atoms with E-state index in [9.17, 15) is 13.0 Å². The molecule has 0 saturated heterocycles. The van der Waals surface area contributed by atoms with Gasteiger partial charge in [-0.25, -0.2) is 8.78 Å². The maximum Gasteiger partial charge on any atom is 0.193 e. The molecule has 2 rings (SSSR count). The topological polar surface area (TPSA) is 67.5 Å². The molecule has 0 aliphatic heterocycles. The lowest BCUT2D eigenvalue weighted by Gasteiger charge is -2.38. The number of nitrogens with two attached hydrogens (primary N) is 1. The van der Waals surface area contributed by atoms with Crippen LogP contribution in [0.3, 0.4) is 0 Å². The van der Waals surface area contributed by atoms with Crippen LogP contribution >= 0.6 is 24.0 Å². The van der Waals surface area contributed by atoms with Gasteiger partial charge in [-0.1, -0.05) is 6.42 Å². The fourth-order valence-corrected chi connectivity index (χ4v) is 3.22. The maximum atomic E-state index is 13.4. The van der Waals surface area contributed by atoms with Crippen LogP contribution in [0.15, 0.2) is 23.2 Å². The number of hydrogen-bond acceptors (Lipinski definition) is 2. The van der Waals surface area contributed by atoms with E-state index in [1.807, 2.05) is 0 Å². The van der Waals surface area contributed by atoms with Gasteiger partial charge in [-0.2, -0.15) is 0 Å². The second-order valence-corrected chi connectivity index (χ2v) is 6.72. The Kier molecular flexibility index (Phi) is 6.51. The summed E-state index contributed by atoms with van der Waals surface area (Å²) in [4.78, 5) is 4.11. The van der Waals surface area contributed by atoms with E-state index in [1.165, 1.54) is 0 Å². The third-order valence-corrected chi connectivity index (χ3v) is 5.36. The molecule has 0 spiro atoms. The van der Waals surface area contributed by atoms with Crippen LogP contribution in [0.2, 0.25) is 0 Å². The van der Waals surface area contributed by atoms with Crippen molar-refractivity contribution in [3.8, 4) is 0 Å². The number of halogens is 3. The molecule has 118 valence electrons. The van der Waals surface area contributed by atoms with Crippen molar-refractivity contribution < 1.29 is 13.0 Å². The van der Waals surface area contributed by atoms with E-state index in [1.54, 1.807) is 6.26 Å². The summed E-state index contributed by atoms with van der Waals surface area (Å²) in [6.45, 7) is 0.325. The van der Waals surface area contributed by atoms with Crippen molar-refractivity contribution in [3.05, 3.63) is 29.8 Å². The normalized spacial score (nSPS) is 18.3. The molecule has 1 atom stereocenters. The first-order chi connectivity index (χ1) is 9.43. The molecule has 1 aliphatic rings. The second-order valence-electron chi connectivity index (χ2n) is 4.94. The zero-order valence-corrected chi connectivity index (χ0v) is 14.7. The third kappa shape index (κ3) is 4.35. The summed E-state index contributed by atoms with van der Waals surface area (Å²) < 4.78 is 37.8. The summed E-state index contributed by atoms with van der Waals surface area (Å²) >= 11 is 0. The van der Waals surface area contributed by atoms with Crippen molar-refractivity contribution in [2.24, 2.45) is 10.7 Å². The van der Waals surface area contributed by atoms with Crippen LogP contribution in [0.25, 0.3) is 0 Å². The quantitative estimate of drug-likeness (QED) is 0.440. The average molecular weight is 429 g/mol. The van der Waals surface area contributed by atoms with E-state index in [-0.39, 0.29) is 40.4 Å². The number of anilines is 1. The number of benzene rings is 1. The summed E-state index contributed by atoms with van der Waals surface area (Å²) in [6.07, 6.45) is 4.38. The molecule has 8 heteroatoms. The first kappa shape index (κ1) is 18.3. The Bertz CT molecular complexity index is 564. The van der Waals surface area contributed by atoms with Crippen molar-refractivity contribution in [1.29, 1.82) is 0 Å². The zero-order chi connectivity index (χ0) is 14.8. The van der Waals surface area contributed by atoms with Crippen LogP contribution in [0.1, 0.15) is 19.3 Å². The van der Waals surface area contributed by atoms with Gasteiger partial charge in [-0.15, -0.1) is 24.0 Å². The standard InChI is InChI=1S/C13H17F2N3OS.HI/c1-20(19)13(5-2-6-13)8-17-12(16)18-11-7-9(14)3-4-10(11)15;/h3-4,7H,2,5-6,8H2,1H3,(H3,16,17,18);1H. The highest BCUT2D eigenvalue weighted by molar-refractivity contribution is 14.0. The van der Waals surface area contributed by atoms with E-state index < -0.39 is 22.4 Å². The summed E-state index contributed by atoms with van der Waals surface area (Å²) in [5.74, 6) is -1.18. The van der Waals surface area contributed by atoms with Gasteiger partial charge in [-0.05, 0) is 25.0 Å². The minimum Gasteiger partial charge on any atom is -0.370 e. The summed E-state index contributed by atoms with van der Waals surface area (Å²) in [6, 6.07) is 3.05. The first-order valence-corrected chi connectivity index (χ1v) is 7.84. The SMILES string of the molecule is CS(=O)C1(CN=C(N)Nc2cc(F)ccc2F)CCC1.I. The molecular formula is C13H18F2IN3OS. The van der Waals surface area contributed by atoms with E-state index in [0.717, 1.165) is 37.5 Å². The number of nitrogens with one attached hydrogen (secondary N) is 1. The van der Waals surface area contributed by atoms with Crippen LogP contribution in [0.5, 0.6) is 0 Å². The molecule has 1 fully saturated rings. The predicted octanol–water partition coefficient (Wildman–Crippen LogP) is 2.61. The van der Waals surface area contributed by atoms with Crippen LogP contribution in [-0.4, -0.2) is 27.7 Å². The van der Waals surface area contributed by atoms with Crippen LogP contribution in [0, 0.1) is 11.6 Å². The molecule has 0 radical (unpaired) electrons. The van der Waals surface area contributed by atoms with Gasteiger partial charge in [0.1, 0.15) is 11.6 Å². The summed E-state index contributed by atoms with van der Waals surface area (Å²) in [7, 11) is -0.978. The highest BCUT2D eigenvalue weighted by Crippen LogP contribution is 2.37. The van der Waals surface area contributed by atoms with E-state index >= 15 is 0 Å². The lowest BCUT2D eigenvalue weighted by atomic mass is 9.84. The fourth-order valence-electron chi connectivity index (χ4n) is 2.11. The maximum absolute atomic E-state index is 13.4. The molecule has 0 bridgehead atoms. The highest BCUT2D eigenvalue weighted by atomic mass is 127. The van der Waals surface area contributed by atoms with E-state index in [4.69, 9.17) is 5.73 Å². The van der Waals surface area contributed by atoms with Crippen molar-refractivity contribution in [1.82, 2.24) is 0 Å². The van der Waals surface area contributed by atoms with Crippen molar-refractivity contribution in [2.75, 3.05) is 18.1 Å². The van der Waals surface area contributed by atoms with Gasteiger partial charge in [-0.3, -0.25) is 9.20 Å². The van der Waals surface area contributed by atoms with E-state index in [0.29, 0.717) is 6.54 Å². The number of guanidine groups is 1. The van der Waals surface area contributed by atoms with Crippen LogP contribution in [0.4, 0.5) is 14.5 Å². The Labute approximate surface area is 142 Å². The third-order valence-electron chi connectivity index (χ3n) is 3.60. The van der Waals surface area contributed by atoms with Gasteiger partial charge in [0.25, 0.3) is 0 Å². The highest BCUT2D eigenvalue weighted by Gasteiger charge is 2.40. The number of nitrogens with zero attached hydrogens (tertiary/aromatic N) is 1. The monoisotopic (exact) mass is 429 g/mol. The smallest absolute Gasteiger partial charge is 0.193 e. The van der Waals surface area contributed by atoms with Crippen molar-refractivity contribution >= 4 is 46.4 Å². The molecule has 4 nitrogen and oxygen atoms in total. The lowest BCUT2D eigenvalue weighted by molar-refractivity contribution is 0.361. The van der Waals surface area contributed by atoms with Crippen LogP contribution in [-0.2, 0) is 10.8 Å². The van der Waals surface area contributed by atoms with Crippen LogP contribution < -0.4 is 11.1 Å². The first-order valence-electron chi connectivity index (χ1n) is 6.28. The second kappa shape index (κ2) is 7.48. The van der Waals surface area contributed by atoms with Gasteiger partial charge in [0.05, 0.1) is 17.0 Å². The fraction of sp³-hybridized carbons (Fsp3) is 0.462. The Morgan fingerprint density at radius 1 is 1.48 bits per heavy atom. The molecule has 1 aromatic carbocycles. The summed E-state index contributed by atoms with van der Waals surface area (Å²) in [5, 5.41) is 2.52. The minimum absolute atomic E-state index is 0. The molecular weight excluding hydrogens is 411 g/mol. The van der Waals surface area contributed by atoms with Crippen molar-refractivity contribution in [3.63, 3.8) is 0 Å². The molecule has 1 aromatic rings. The summed E-state index contributed by atoms with van der Waals surface area (Å²) in [5.41, 5.74) is 5.60. The molecule has 0 heterocycles. The Balaban J connectivity index is 0.00000220. The molecule has 21 heavy (non-hydrogen) atoms. The molecule has 3 N–H and O–H groups in total. The number of rotatable bonds is 4. The van der Waals surface area contributed by atoms with Gasteiger partial charge in [0, 0.05) is 23.1 Å². The average Bonchev–Trinajstić information content (AvgIpc) is 2.32. The Hall–Kier alpha value is -0.770. The van der Waals surface area contributed by atoms with Gasteiger partial charge >= 0.3 is 0 Å². The predicted molar refractivity (Wildman–Crippen MR) is 92.5 cm³/mol. The molecule has 1 saturated carbocycles. The molecule has 0 aromatic heterocycles. The largest absolute Gasteiger partial charge is 0.370 e. The zero-order valence-electron chi connectivity index (χ0n) is 11.6. The lowest BCUT2D eigenvalue weighted by Crippen LogP contribution is -2.45. The molecule has 1 unspecified atom stereocenters. The number of hydrogen-bond donors (Lipinski definition) is 2. The Morgan fingerprint density at radius 2 is 2.14 bits per heavy atom. The Morgan fingerprint density at radius 3 is 2.67 bits per heavy atom.